The molecular weight excluding hydrogens is 246 g/mol. The van der Waals surface area contributed by atoms with Crippen LogP contribution in [0.3, 0.4) is 0 Å². The van der Waals surface area contributed by atoms with Crippen molar-refractivity contribution in [2.24, 2.45) is 5.73 Å². The Morgan fingerprint density at radius 3 is 2.25 bits per heavy atom. The largest absolute Gasteiger partial charge is 0.328 e. The first-order valence-electron chi connectivity index (χ1n) is 7.05. The van der Waals surface area contributed by atoms with E-state index in [0.717, 1.165) is 17.2 Å². The molecule has 1 atom stereocenters. The Hall–Kier alpha value is -1.74. The minimum atomic E-state index is 0.0745. The number of nitrogens with zero attached hydrogens (tertiary/aromatic N) is 2. The van der Waals surface area contributed by atoms with Crippen LogP contribution in [0, 0.1) is 27.7 Å². The Kier molecular flexibility index (Phi) is 4.19. The highest BCUT2D eigenvalue weighted by Crippen LogP contribution is 2.25. The lowest BCUT2D eigenvalue weighted by atomic mass is 9.98. The Morgan fingerprint density at radius 1 is 0.950 bits per heavy atom. The molecule has 20 heavy (non-hydrogen) atoms. The summed E-state index contributed by atoms with van der Waals surface area (Å²) in [5.41, 5.74) is 12.9. The first-order valence-corrected chi connectivity index (χ1v) is 7.05. The molecule has 1 aromatic heterocycles. The molecule has 2 N–H and O–H groups in total. The number of rotatable bonds is 3. The Morgan fingerprint density at radius 2 is 1.60 bits per heavy atom. The molecule has 0 radical (unpaired) electrons. The molecule has 0 aliphatic heterocycles. The third-order valence-corrected chi connectivity index (χ3v) is 3.52. The molecule has 3 nitrogen and oxygen atoms in total. The molecule has 1 unspecified atom stereocenters. The van der Waals surface area contributed by atoms with Gasteiger partial charge in [0.25, 0.3) is 0 Å². The molecule has 0 saturated carbocycles. The van der Waals surface area contributed by atoms with E-state index in [0.29, 0.717) is 6.42 Å². The second-order valence-electron chi connectivity index (χ2n) is 5.74. The van der Waals surface area contributed by atoms with Crippen LogP contribution in [0.1, 0.15) is 35.1 Å². The van der Waals surface area contributed by atoms with E-state index in [9.17, 15) is 0 Å². The Bertz CT molecular complexity index is 630. The van der Waals surface area contributed by atoms with Crippen LogP contribution in [0.4, 0.5) is 0 Å². The maximum Gasteiger partial charge on any atom is 0.130 e. The van der Waals surface area contributed by atoms with Crippen molar-refractivity contribution >= 4 is 0 Å². The van der Waals surface area contributed by atoms with Gasteiger partial charge in [-0.25, -0.2) is 9.97 Å². The average Bonchev–Trinajstić information content (AvgIpc) is 2.32. The van der Waals surface area contributed by atoms with Crippen molar-refractivity contribution in [2.45, 2.75) is 47.1 Å². The maximum atomic E-state index is 5.86. The second kappa shape index (κ2) is 5.71. The van der Waals surface area contributed by atoms with E-state index in [-0.39, 0.29) is 6.04 Å². The van der Waals surface area contributed by atoms with E-state index in [4.69, 9.17) is 5.73 Å². The van der Waals surface area contributed by atoms with Gasteiger partial charge in [-0.3, -0.25) is 0 Å². The molecule has 1 aromatic carbocycles. The minimum Gasteiger partial charge on any atom is -0.328 e. The van der Waals surface area contributed by atoms with Crippen molar-refractivity contribution < 1.29 is 0 Å². The molecule has 1 heterocycles. The first-order chi connectivity index (χ1) is 9.36. The lowest BCUT2D eigenvalue weighted by molar-refractivity contribution is 0.699. The van der Waals surface area contributed by atoms with Crippen molar-refractivity contribution in [3.8, 4) is 11.3 Å². The summed E-state index contributed by atoms with van der Waals surface area (Å²) >= 11 is 0. The normalized spacial score (nSPS) is 12.5. The van der Waals surface area contributed by atoms with Crippen molar-refractivity contribution in [3.63, 3.8) is 0 Å². The van der Waals surface area contributed by atoms with Gasteiger partial charge in [-0.15, -0.1) is 0 Å². The van der Waals surface area contributed by atoms with Crippen molar-refractivity contribution in [3.05, 3.63) is 46.4 Å². The summed E-state index contributed by atoms with van der Waals surface area (Å²) in [7, 11) is 0. The van der Waals surface area contributed by atoms with Crippen LogP contribution in [0.5, 0.6) is 0 Å². The van der Waals surface area contributed by atoms with E-state index < -0.39 is 0 Å². The fraction of sp³-hybridized carbons (Fsp3) is 0.412. The molecule has 0 amide bonds. The van der Waals surface area contributed by atoms with Crippen LogP contribution in [0.25, 0.3) is 11.3 Å². The summed E-state index contributed by atoms with van der Waals surface area (Å²) in [6.07, 6.45) is 0.707. The van der Waals surface area contributed by atoms with Gasteiger partial charge in [-0.2, -0.15) is 0 Å². The molecule has 0 fully saturated rings. The predicted molar refractivity (Wildman–Crippen MR) is 83.8 cm³/mol. The van der Waals surface area contributed by atoms with Crippen LogP contribution in [-0.2, 0) is 6.42 Å². The zero-order chi connectivity index (χ0) is 14.9. The van der Waals surface area contributed by atoms with Gasteiger partial charge in [0.2, 0.25) is 0 Å². The maximum absolute atomic E-state index is 5.86. The predicted octanol–water partition coefficient (Wildman–Crippen LogP) is 3.27. The fourth-order valence-electron chi connectivity index (χ4n) is 2.38. The lowest BCUT2D eigenvalue weighted by Gasteiger charge is -2.12. The standard InChI is InChI=1S/C17H23N3/c1-10-6-12(3)15(7-11(10)2)16-9-14(5)19-17(20-16)8-13(4)18/h6-7,9,13H,8,18H2,1-5H3. The minimum absolute atomic E-state index is 0.0745. The van der Waals surface area contributed by atoms with E-state index in [1.165, 1.54) is 22.3 Å². The fourth-order valence-corrected chi connectivity index (χ4v) is 2.38. The van der Waals surface area contributed by atoms with Gasteiger partial charge in [0, 0.05) is 23.7 Å². The van der Waals surface area contributed by atoms with Crippen molar-refractivity contribution in [1.82, 2.24) is 9.97 Å². The molecule has 2 aromatic rings. The molecular formula is C17H23N3. The van der Waals surface area contributed by atoms with Crippen LogP contribution in [0.2, 0.25) is 0 Å². The van der Waals surface area contributed by atoms with E-state index in [1.807, 2.05) is 19.9 Å². The van der Waals surface area contributed by atoms with Gasteiger partial charge in [0.05, 0.1) is 5.69 Å². The Labute approximate surface area is 121 Å². The topological polar surface area (TPSA) is 51.8 Å². The van der Waals surface area contributed by atoms with Gasteiger partial charge < -0.3 is 5.73 Å². The lowest BCUT2D eigenvalue weighted by Crippen LogP contribution is -2.19. The first kappa shape index (κ1) is 14.7. The molecule has 0 aliphatic rings. The monoisotopic (exact) mass is 269 g/mol. The van der Waals surface area contributed by atoms with E-state index in [1.54, 1.807) is 0 Å². The summed E-state index contributed by atoms with van der Waals surface area (Å²) < 4.78 is 0. The summed E-state index contributed by atoms with van der Waals surface area (Å²) in [4.78, 5) is 9.16. The van der Waals surface area contributed by atoms with E-state index in [2.05, 4.69) is 42.9 Å². The number of benzene rings is 1. The molecule has 3 heteroatoms. The molecule has 2 rings (SSSR count). The van der Waals surface area contributed by atoms with Gasteiger partial charge in [0.1, 0.15) is 5.82 Å². The zero-order valence-corrected chi connectivity index (χ0v) is 13.0. The van der Waals surface area contributed by atoms with E-state index >= 15 is 0 Å². The molecule has 0 bridgehead atoms. The molecule has 0 aliphatic carbocycles. The van der Waals surface area contributed by atoms with Crippen LogP contribution in [-0.4, -0.2) is 16.0 Å². The van der Waals surface area contributed by atoms with Crippen LogP contribution < -0.4 is 5.73 Å². The molecule has 106 valence electrons. The number of hydrogen-bond donors (Lipinski definition) is 1. The van der Waals surface area contributed by atoms with Crippen LogP contribution >= 0.6 is 0 Å². The van der Waals surface area contributed by atoms with Crippen molar-refractivity contribution in [1.29, 1.82) is 0 Å². The number of aryl methyl sites for hydroxylation is 4. The third-order valence-electron chi connectivity index (χ3n) is 3.52. The highest BCUT2D eigenvalue weighted by Gasteiger charge is 2.10. The molecule has 0 saturated heterocycles. The van der Waals surface area contributed by atoms with Crippen molar-refractivity contribution in [2.75, 3.05) is 0 Å². The highest BCUT2D eigenvalue weighted by atomic mass is 14.9. The Balaban J connectivity index is 2.52. The summed E-state index contributed by atoms with van der Waals surface area (Å²) in [6, 6.07) is 6.54. The summed E-state index contributed by atoms with van der Waals surface area (Å²) in [5.74, 6) is 0.827. The van der Waals surface area contributed by atoms with Crippen LogP contribution in [0.15, 0.2) is 18.2 Å². The van der Waals surface area contributed by atoms with Gasteiger partial charge in [-0.05, 0) is 63.4 Å². The third kappa shape index (κ3) is 3.23. The summed E-state index contributed by atoms with van der Waals surface area (Å²) in [6.45, 7) is 10.4. The van der Waals surface area contributed by atoms with Gasteiger partial charge in [0.15, 0.2) is 0 Å². The quantitative estimate of drug-likeness (QED) is 0.930. The SMILES string of the molecule is Cc1cc(-c2cc(C)c(C)cc2C)nc(CC(C)N)n1. The number of hydrogen-bond acceptors (Lipinski definition) is 3. The second-order valence-corrected chi connectivity index (χ2v) is 5.74. The average molecular weight is 269 g/mol. The van der Waals surface area contributed by atoms with Gasteiger partial charge >= 0.3 is 0 Å². The summed E-state index contributed by atoms with van der Waals surface area (Å²) in [5, 5.41) is 0. The zero-order valence-electron chi connectivity index (χ0n) is 13.0. The number of nitrogens with two attached hydrogens (primary N) is 1. The highest BCUT2D eigenvalue weighted by molar-refractivity contribution is 5.65. The smallest absolute Gasteiger partial charge is 0.130 e. The van der Waals surface area contributed by atoms with Gasteiger partial charge in [-0.1, -0.05) is 6.07 Å². The number of aromatic nitrogens is 2. The molecule has 0 spiro atoms.